The fraction of sp³-hybridized carbons (Fsp3) is 0.241. The number of halogens is 1. The molecule has 0 aliphatic carbocycles. The maximum atomic E-state index is 13.3. The van der Waals surface area contributed by atoms with Crippen molar-refractivity contribution in [2.24, 2.45) is 5.92 Å². The zero-order valence-electron chi connectivity index (χ0n) is 20.0. The van der Waals surface area contributed by atoms with Crippen molar-refractivity contribution in [1.82, 2.24) is 4.98 Å². The van der Waals surface area contributed by atoms with Crippen molar-refractivity contribution in [2.45, 2.75) is 26.4 Å². The average Bonchev–Trinajstić information content (AvgIpc) is 3.39. The number of aryl methyl sites for hydroxylation is 1. The normalized spacial score (nSPS) is 14.1. The lowest BCUT2D eigenvalue weighted by Gasteiger charge is -2.29. The number of rotatable bonds is 7. The molecule has 1 aliphatic heterocycles. The van der Waals surface area contributed by atoms with Crippen molar-refractivity contribution in [3.8, 4) is 28.1 Å². The first kappa shape index (κ1) is 24.0. The van der Waals surface area contributed by atoms with Crippen LogP contribution < -0.4 is 9.64 Å². The smallest absolute Gasteiger partial charge is 0.306 e. The van der Waals surface area contributed by atoms with E-state index in [0.717, 1.165) is 44.4 Å². The molecular formula is C29H27FN2O3S. The summed E-state index contributed by atoms with van der Waals surface area (Å²) < 4.78 is 19.5. The van der Waals surface area contributed by atoms with Gasteiger partial charge in [0.25, 0.3) is 0 Å². The number of piperidine rings is 1. The van der Waals surface area contributed by atoms with E-state index in [9.17, 15) is 14.3 Å². The summed E-state index contributed by atoms with van der Waals surface area (Å²) >= 11 is 1.57. The monoisotopic (exact) mass is 502 g/mol. The predicted molar refractivity (Wildman–Crippen MR) is 141 cm³/mol. The van der Waals surface area contributed by atoms with Crippen molar-refractivity contribution < 1.29 is 19.0 Å². The van der Waals surface area contributed by atoms with E-state index in [1.54, 1.807) is 23.5 Å². The van der Waals surface area contributed by atoms with Gasteiger partial charge in [0.1, 0.15) is 18.2 Å². The lowest BCUT2D eigenvalue weighted by Crippen LogP contribution is -2.36. The number of hydrogen-bond donors (Lipinski definition) is 1. The Balaban J connectivity index is 1.28. The van der Waals surface area contributed by atoms with Gasteiger partial charge >= 0.3 is 5.97 Å². The molecule has 0 amide bonds. The highest BCUT2D eigenvalue weighted by Crippen LogP contribution is 2.35. The first-order valence-electron chi connectivity index (χ1n) is 12.0. The molecule has 0 unspecified atom stereocenters. The number of carbonyl (C=O) groups is 1. The third-order valence-electron chi connectivity index (χ3n) is 6.67. The molecule has 3 aromatic carbocycles. The van der Waals surface area contributed by atoms with Crippen molar-refractivity contribution >= 4 is 22.4 Å². The van der Waals surface area contributed by atoms with Gasteiger partial charge in [0, 0.05) is 24.0 Å². The van der Waals surface area contributed by atoms with Crippen molar-refractivity contribution in [3.63, 3.8) is 0 Å². The van der Waals surface area contributed by atoms with Crippen LogP contribution in [0.25, 0.3) is 22.4 Å². The van der Waals surface area contributed by atoms with Crippen LogP contribution in [0.1, 0.15) is 24.0 Å². The highest BCUT2D eigenvalue weighted by molar-refractivity contribution is 7.14. The Labute approximate surface area is 213 Å². The molecule has 1 N–H and O–H groups in total. The molecule has 2 heterocycles. The molecule has 0 radical (unpaired) electrons. The molecule has 7 heteroatoms. The molecule has 184 valence electrons. The second-order valence-electron chi connectivity index (χ2n) is 9.05. The molecule has 1 fully saturated rings. The number of para-hydroxylation sites is 1. The number of nitrogens with zero attached hydrogens (tertiary/aromatic N) is 2. The summed E-state index contributed by atoms with van der Waals surface area (Å²) in [4.78, 5) is 18.3. The van der Waals surface area contributed by atoms with Crippen LogP contribution in [-0.4, -0.2) is 29.1 Å². The van der Waals surface area contributed by atoms with Gasteiger partial charge in [-0.05, 0) is 66.3 Å². The number of benzene rings is 3. The number of aliphatic carboxylic acids is 1. The molecule has 5 rings (SSSR count). The standard InChI is InChI=1S/C29H27FN2O3S/c1-19-16-22(20-8-10-24(30)11-9-20)6-7-23(19)17-35-27-5-3-2-4-25(27)26-18-36-29(31-26)32-14-12-21(13-15-32)28(33)34/h2-11,16,18,21H,12-15,17H2,1H3,(H,33,34). The number of anilines is 1. The summed E-state index contributed by atoms with van der Waals surface area (Å²) in [6, 6.07) is 20.6. The molecule has 1 aliphatic rings. The molecule has 0 atom stereocenters. The first-order chi connectivity index (χ1) is 17.5. The van der Waals surface area contributed by atoms with Crippen LogP contribution >= 0.6 is 11.3 Å². The molecule has 0 saturated carbocycles. The Morgan fingerprint density at radius 3 is 2.53 bits per heavy atom. The van der Waals surface area contributed by atoms with Crippen molar-refractivity contribution in [2.75, 3.05) is 18.0 Å². The molecule has 1 saturated heterocycles. The zero-order valence-corrected chi connectivity index (χ0v) is 20.8. The molecule has 0 spiro atoms. The van der Waals surface area contributed by atoms with Crippen LogP contribution in [0.15, 0.2) is 72.1 Å². The van der Waals surface area contributed by atoms with E-state index in [-0.39, 0.29) is 11.7 Å². The van der Waals surface area contributed by atoms with Crippen LogP contribution in [0, 0.1) is 18.7 Å². The van der Waals surface area contributed by atoms with Crippen LogP contribution in [0.5, 0.6) is 5.75 Å². The number of aromatic nitrogens is 1. The lowest BCUT2D eigenvalue weighted by molar-refractivity contribution is -0.142. The summed E-state index contributed by atoms with van der Waals surface area (Å²) in [6.45, 7) is 3.88. The largest absolute Gasteiger partial charge is 0.488 e. The van der Waals surface area contributed by atoms with Gasteiger partial charge in [0.05, 0.1) is 11.6 Å². The molecule has 1 aromatic heterocycles. The molecule has 36 heavy (non-hydrogen) atoms. The van der Waals surface area contributed by atoms with E-state index >= 15 is 0 Å². The summed E-state index contributed by atoms with van der Waals surface area (Å²) in [5.74, 6) is -0.445. The quantitative estimate of drug-likeness (QED) is 0.301. The highest BCUT2D eigenvalue weighted by atomic mass is 32.1. The zero-order chi connectivity index (χ0) is 25.1. The van der Waals surface area contributed by atoms with Crippen molar-refractivity contribution in [3.05, 3.63) is 89.1 Å². The first-order valence-corrected chi connectivity index (χ1v) is 12.9. The van der Waals surface area contributed by atoms with E-state index in [1.807, 2.05) is 35.7 Å². The maximum absolute atomic E-state index is 13.3. The minimum Gasteiger partial charge on any atom is -0.488 e. The Morgan fingerprint density at radius 2 is 1.81 bits per heavy atom. The summed E-state index contributed by atoms with van der Waals surface area (Å²) in [7, 11) is 0. The van der Waals surface area contributed by atoms with Crippen LogP contribution in [0.3, 0.4) is 0 Å². The van der Waals surface area contributed by atoms with Crippen LogP contribution in [0.2, 0.25) is 0 Å². The maximum Gasteiger partial charge on any atom is 0.306 e. The van der Waals surface area contributed by atoms with E-state index < -0.39 is 5.97 Å². The van der Waals surface area contributed by atoms with Crippen molar-refractivity contribution in [1.29, 1.82) is 0 Å². The SMILES string of the molecule is Cc1cc(-c2ccc(F)cc2)ccc1COc1ccccc1-c1csc(N2CCC(C(=O)O)CC2)n1. The van der Waals surface area contributed by atoms with E-state index in [1.165, 1.54) is 12.1 Å². The van der Waals surface area contributed by atoms with Gasteiger partial charge in [-0.1, -0.05) is 42.5 Å². The number of carboxylic acids is 1. The third-order valence-corrected chi connectivity index (χ3v) is 7.57. The summed E-state index contributed by atoms with van der Waals surface area (Å²) in [6.07, 6.45) is 1.28. The number of hydrogen-bond acceptors (Lipinski definition) is 5. The Kier molecular flexibility index (Phi) is 7.00. The molecular weight excluding hydrogens is 475 g/mol. The number of carboxylic acid groups (broad SMARTS) is 1. The van der Waals surface area contributed by atoms with Gasteiger partial charge in [-0.15, -0.1) is 11.3 Å². The van der Waals surface area contributed by atoms with Gasteiger partial charge < -0.3 is 14.7 Å². The molecule has 5 nitrogen and oxygen atoms in total. The molecule has 4 aromatic rings. The van der Waals surface area contributed by atoms with Gasteiger partial charge in [0.2, 0.25) is 0 Å². The van der Waals surface area contributed by atoms with Gasteiger partial charge in [-0.25, -0.2) is 9.37 Å². The third kappa shape index (κ3) is 5.26. The second kappa shape index (κ2) is 10.5. The molecule has 0 bridgehead atoms. The van der Waals surface area contributed by atoms with E-state index in [4.69, 9.17) is 9.72 Å². The Bertz CT molecular complexity index is 1360. The average molecular weight is 503 g/mol. The fourth-order valence-electron chi connectivity index (χ4n) is 4.49. The predicted octanol–water partition coefficient (Wildman–Crippen LogP) is 6.80. The van der Waals surface area contributed by atoms with E-state index in [0.29, 0.717) is 32.5 Å². The summed E-state index contributed by atoms with van der Waals surface area (Å²) in [5.41, 5.74) is 5.99. The number of thiazole rings is 1. The topological polar surface area (TPSA) is 62.7 Å². The minimum absolute atomic E-state index is 0.242. The Hall–Kier alpha value is -3.71. The van der Waals surface area contributed by atoms with Gasteiger partial charge in [-0.2, -0.15) is 0 Å². The van der Waals surface area contributed by atoms with Gasteiger partial charge in [0.15, 0.2) is 5.13 Å². The van der Waals surface area contributed by atoms with Crippen LogP contribution in [-0.2, 0) is 11.4 Å². The van der Waals surface area contributed by atoms with Crippen LogP contribution in [0.4, 0.5) is 9.52 Å². The van der Waals surface area contributed by atoms with Gasteiger partial charge in [-0.3, -0.25) is 4.79 Å². The Morgan fingerprint density at radius 1 is 1.08 bits per heavy atom. The minimum atomic E-state index is -0.708. The fourth-order valence-corrected chi connectivity index (χ4v) is 5.37. The second-order valence-corrected chi connectivity index (χ2v) is 9.88. The van der Waals surface area contributed by atoms with E-state index in [2.05, 4.69) is 24.0 Å². The lowest BCUT2D eigenvalue weighted by atomic mass is 9.97. The highest BCUT2D eigenvalue weighted by Gasteiger charge is 2.26. The number of ether oxygens (including phenoxy) is 1. The summed E-state index contributed by atoms with van der Waals surface area (Å²) in [5, 5.41) is 12.2.